The van der Waals surface area contributed by atoms with Gasteiger partial charge in [0.1, 0.15) is 5.75 Å². The molecular weight excluding hydrogens is 244 g/mol. The molecule has 0 bridgehead atoms. The summed E-state index contributed by atoms with van der Waals surface area (Å²) >= 11 is 0. The van der Waals surface area contributed by atoms with Crippen molar-refractivity contribution in [1.29, 1.82) is 0 Å². The summed E-state index contributed by atoms with van der Waals surface area (Å²) in [6, 6.07) is 3.24. The van der Waals surface area contributed by atoms with Crippen molar-refractivity contribution in [3.8, 4) is 5.75 Å². The number of carbonyl (C=O) groups excluding carboxylic acids is 1. The van der Waals surface area contributed by atoms with E-state index >= 15 is 0 Å². The minimum absolute atomic E-state index is 0.171. The first-order valence-electron chi connectivity index (χ1n) is 6.37. The zero-order valence-corrected chi connectivity index (χ0v) is 12.2. The number of ether oxygens (including phenoxy) is 1. The van der Waals surface area contributed by atoms with Gasteiger partial charge in [0.25, 0.3) is 0 Å². The molecule has 0 spiro atoms. The van der Waals surface area contributed by atoms with Gasteiger partial charge in [-0.2, -0.15) is 0 Å². The number of esters is 1. The van der Waals surface area contributed by atoms with Crippen LogP contribution in [0.2, 0.25) is 0 Å². The van der Waals surface area contributed by atoms with Crippen LogP contribution in [-0.2, 0) is 14.9 Å². The number of hydrogen-bond donors (Lipinski definition) is 2. The molecule has 1 aromatic carbocycles. The molecule has 4 nitrogen and oxygen atoms in total. The van der Waals surface area contributed by atoms with Gasteiger partial charge in [-0.3, -0.25) is 0 Å². The first kappa shape index (κ1) is 15.5. The Bertz CT molecular complexity index is 472. The predicted molar refractivity (Wildman–Crippen MR) is 73.1 cm³/mol. The number of aryl methyl sites for hydroxylation is 1. The number of carbonyl (C=O) groups is 1. The van der Waals surface area contributed by atoms with Gasteiger partial charge in [-0.25, -0.2) is 4.79 Å². The molecule has 0 aliphatic heterocycles. The first-order valence-corrected chi connectivity index (χ1v) is 6.37. The highest BCUT2D eigenvalue weighted by molar-refractivity contribution is 5.77. The second kappa shape index (κ2) is 5.61. The van der Waals surface area contributed by atoms with E-state index in [0.717, 1.165) is 0 Å². The van der Waals surface area contributed by atoms with Crippen LogP contribution in [0.15, 0.2) is 12.1 Å². The van der Waals surface area contributed by atoms with Gasteiger partial charge in [0.15, 0.2) is 6.10 Å². The second-order valence-corrected chi connectivity index (χ2v) is 5.63. The Hall–Kier alpha value is -1.55. The van der Waals surface area contributed by atoms with Gasteiger partial charge in [-0.1, -0.05) is 20.8 Å². The summed E-state index contributed by atoms with van der Waals surface area (Å²) in [4.78, 5) is 11.6. The van der Waals surface area contributed by atoms with Gasteiger partial charge in [0, 0.05) is 0 Å². The Kier molecular flexibility index (Phi) is 4.58. The van der Waals surface area contributed by atoms with E-state index in [9.17, 15) is 15.0 Å². The van der Waals surface area contributed by atoms with Crippen LogP contribution in [0.3, 0.4) is 0 Å². The zero-order chi connectivity index (χ0) is 14.8. The van der Waals surface area contributed by atoms with Crippen molar-refractivity contribution in [3.63, 3.8) is 0 Å². The molecule has 1 unspecified atom stereocenters. The monoisotopic (exact) mass is 266 g/mol. The molecular formula is C15H22O4. The van der Waals surface area contributed by atoms with E-state index in [4.69, 9.17) is 4.74 Å². The Balaban J connectivity index is 3.25. The summed E-state index contributed by atoms with van der Waals surface area (Å²) in [5, 5.41) is 20.0. The fraction of sp³-hybridized carbons (Fsp3) is 0.533. The molecule has 19 heavy (non-hydrogen) atoms. The number of aromatic hydroxyl groups is 1. The lowest BCUT2D eigenvalue weighted by atomic mass is 9.83. The number of phenolic OH excluding ortho intramolecular Hbond substituents is 1. The van der Waals surface area contributed by atoms with Crippen molar-refractivity contribution in [3.05, 3.63) is 28.8 Å². The van der Waals surface area contributed by atoms with Gasteiger partial charge < -0.3 is 14.9 Å². The van der Waals surface area contributed by atoms with Gasteiger partial charge in [-0.05, 0) is 48.1 Å². The van der Waals surface area contributed by atoms with Gasteiger partial charge in [-0.15, -0.1) is 0 Å². The van der Waals surface area contributed by atoms with Crippen molar-refractivity contribution in [2.75, 3.05) is 6.61 Å². The number of benzene rings is 1. The fourth-order valence-corrected chi connectivity index (χ4v) is 1.95. The van der Waals surface area contributed by atoms with Crippen LogP contribution in [0.25, 0.3) is 0 Å². The van der Waals surface area contributed by atoms with Crippen LogP contribution in [0.1, 0.15) is 50.5 Å². The van der Waals surface area contributed by atoms with Gasteiger partial charge in [0.2, 0.25) is 0 Å². The molecule has 1 atom stereocenters. The normalized spacial score (nSPS) is 13.2. The average molecular weight is 266 g/mol. The highest BCUT2D eigenvalue weighted by Gasteiger charge is 2.25. The Morgan fingerprint density at radius 2 is 1.95 bits per heavy atom. The maximum Gasteiger partial charge on any atom is 0.339 e. The molecule has 0 amide bonds. The molecule has 4 heteroatoms. The minimum atomic E-state index is -1.32. The van der Waals surface area contributed by atoms with Crippen molar-refractivity contribution >= 4 is 5.97 Å². The van der Waals surface area contributed by atoms with Crippen LogP contribution in [0.4, 0.5) is 0 Å². The number of aliphatic hydroxyl groups is 1. The maximum atomic E-state index is 11.6. The third-order valence-electron chi connectivity index (χ3n) is 3.00. The number of aliphatic hydroxyl groups excluding tert-OH is 1. The number of hydrogen-bond acceptors (Lipinski definition) is 4. The van der Waals surface area contributed by atoms with Gasteiger partial charge >= 0.3 is 5.97 Å². The van der Waals surface area contributed by atoms with Crippen LogP contribution in [0.5, 0.6) is 5.75 Å². The van der Waals surface area contributed by atoms with Crippen LogP contribution in [-0.4, -0.2) is 22.8 Å². The lowest BCUT2D eigenvalue weighted by Gasteiger charge is -2.23. The summed E-state index contributed by atoms with van der Waals surface area (Å²) in [6.07, 6.45) is -1.32. The summed E-state index contributed by atoms with van der Waals surface area (Å²) in [6.45, 7) is 9.52. The zero-order valence-electron chi connectivity index (χ0n) is 12.2. The third kappa shape index (κ3) is 3.47. The first-order chi connectivity index (χ1) is 8.68. The van der Waals surface area contributed by atoms with Crippen LogP contribution in [0, 0.1) is 6.92 Å². The molecule has 1 aromatic rings. The van der Waals surface area contributed by atoms with Crippen molar-refractivity contribution in [2.24, 2.45) is 0 Å². The Labute approximate surface area is 114 Å². The van der Waals surface area contributed by atoms with Crippen molar-refractivity contribution in [1.82, 2.24) is 0 Å². The van der Waals surface area contributed by atoms with Crippen LogP contribution < -0.4 is 0 Å². The number of rotatable bonds is 3. The van der Waals surface area contributed by atoms with E-state index in [1.54, 1.807) is 26.0 Å². The molecule has 0 aliphatic rings. The van der Waals surface area contributed by atoms with Crippen LogP contribution >= 0.6 is 0 Å². The summed E-state index contributed by atoms with van der Waals surface area (Å²) in [7, 11) is 0. The quantitative estimate of drug-likeness (QED) is 0.825. The van der Waals surface area contributed by atoms with Gasteiger partial charge in [0.05, 0.1) is 6.61 Å². The molecule has 0 fully saturated rings. The molecule has 0 heterocycles. The molecule has 0 aromatic heterocycles. The highest BCUT2D eigenvalue weighted by Crippen LogP contribution is 2.34. The molecule has 106 valence electrons. The molecule has 1 rings (SSSR count). The smallest absolute Gasteiger partial charge is 0.339 e. The van der Waals surface area contributed by atoms with Crippen molar-refractivity contribution in [2.45, 2.75) is 46.1 Å². The lowest BCUT2D eigenvalue weighted by molar-refractivity contribution is -0.153. The maximum absolute atomic E-state index is 11.6. The third-order valence-corrected chi connectivity index (χ3v) is 3.00. The van der Waals surface area contributed by atoms with Crippen molar-refractivity contribution < 1.29 is 19.7 Å². The fourth-order valence-electron chi connectivity index (χ4n) is 1.95. The molecule has 0 radical (unpaired) electrons. The second-order valence-electron chi connectivity index (χ2n) is 5.63. The average Bonchev–Trinajstić information content (AvgIpc) is 2.26. The number of phenols is 1. The van der Waals surface area contributed by atoms with E-state index < -0.39 is 12.1 Å². The van der Waals surface area contributed by atoms with E-state index in [0.29, 0.717) is 16.7 Å². The standard InChI is InChI=1S/C15H22O4/c1-6-19-14(18)13(17)10-8-11(15(3,4)5)12(16)7-9(10)2/h7-8,13,16-17H,6H2,1-5H3. The van der Waals surface area contributed by atoms with E-state index in [1.807, 2.05) is 20.8 Å². The Morgan fingerprint density at radius 1 is 1.37 bits per heavy atom. The molecule has 0 saturated heterocycles. The lowest BCUT2D eigenvalue weighted by Crippen LogP contribution is -2.18. The van der Waals surface area contributed by atoms with E-state index in [-0.39, 0.29) is 17.8 Å². The predicted octanol–water partition coefficient (Wildman–Crippen LogP) is 2.59. The Morgan fingerprint density at radius 3 is 2.42 bits per heavy atom. The summed E-state index contributed by atoms with van der Waals surface area (Å²) in [5.74, 6) is -0.499. The topological polar surface area (TPSA) is 66.8 Å². The summed E-state index contributed by atoms with van der Waals surface area (Å²) in [5.41, 5.74) is 1.55. The summed E-state index contributed by atoms with van der Waals surface area (Å²) < 4.78 is 4.82. The van der Waals surface area contributed by atoms with E-state index in [2.05, 4.69) is 0 Å². The molecule has 0 saturated carbocycles. The molecule has 0 aliphatic carbocycles. The van der Waals surface area contributed by atoms with E-state index in [1.165, 1.54) is 0 Å². The SMILES string of the molecule is CCOC(=O)C(O)c1cc(C(C)(C)C)c(O)cc1C. The highest BCUT2D eigenvalue weighted by atomic mass is 16.5. The minimum Gasteiger partial charge on any atom is -0.508 e. The molecule has 2 N–H and O–H groups in total. The largest absolute Gasteiger partial charge is 0.508 e.